The van der Waals surface area contributed by atoms with E-state index in [4.69, 9.17) is 5.73 Å². The standard InChI is InChI=1S/C11H21NO.C2H6.H2/c1-11(2,3)10(13)9(12)8-6-4-5-7-8;1-2;/h8-9H,4-7,12H2,1-3H3;1-2H3;1H/t9-;;/m0../s1. The number of hydrogen-bond acceptors (Lipinski definition) is 2. The first kappa shape index (κ1) is 14.6. The van der Waals surface area contributed by atoms with Gasteiger partial charge in [0.25, 0.3) is 0 Å². The van der Waals surface area contributed by atoms with Gasteiger partial charge in [0.2, 0.25) is 0 Å². The van der Waals surface area contributed by atoms with Crippen LogP contribution in [-0.4, -0.2) is 11.8 Å². The van der Waals surface area contributed by atoms with Crippen LogP contribution in [0.1, 0.15) is 61.7 Å². The summed E-state index contributed by atoms with van der Waals surface area (Å²) in [6.07, 6.45) is 4.78. The van der Waals surface area contributed by atoms with Gasteiger partial charge in [-0.15, -0.1) is 0 Å². The molecule has 0 saturated heterocycles. The van der Waals surface area contributed by atoms with Crippen molar-refractivity contribution in [3.8, 4) is 0 Å². The van der Waals surface area contributed by atoms with E-state index in [9.17, 15) is 4.79 Å². The summed E-state index contributed by atoms with van der Waals surface area (Å²) < 4.78 is 0. The molecule has 0 aromatic heterocycles. The number of ketones is 1. The van der Waals surface area contributed by atoms with Crippen LogP contribution >= 0.6 is 0 Å². The number of Topliss-reactive ketones (excluding diaryl/α,β-unsaturated/α-hetero) is 1. The maximum Gasteiger partial charge on any atom is 0.155 e. The van der Waals surface area contributed by atoms with E-state index in [0.29, 0.717) is 5.92 Å². The molecule has 1 atom stereocenters. The molecule has 0 aromatic rings. The number of nitrogens with two attached hydrogens (primary N) is 1. The lowest BCUT2D eigenvalue weighted by molar-refractivity contribution is -0.128. The molecule has 0 radical (unpaired) electrons. The lowest BCUT2D eigenvalue weighted by Gasteiger charge is -2.25. The molecule has 2 nitrogen and oxygen atoms in total. The van der Waals surface area contributed by atoms with E-state index in [1.165, 1.54) is 12.8 Å². The first-order chi connectivity index (χ1) is 6.93. The van der Waals surface area contributed by atoms with Crippen molar-refractivity contribution in [1.82, 2.24) is 0 Å². The molecule has 0 heterocycles. The Morgan fingerprint density at radius 2 is 1.67 bits per heavy atom. The average molecular weight is 215 g/mol. The zero-order valence-electron chi connectivity index (χ0n) is 11.0. The molecule has 0 aromatic carbocycles. The third-order valence-electron chi connectivity index (χ3n) is 2.95. The van der Waals surface area contributed by atoms with Crippen molar-refractivity contribution < 1.29 is 6.22 Å². The van der Waals surface area contributed by atoms with Crippen LogP contribution < -0.4 is 5.73 Å². The van der Waals surface area contributed by atoms with Gasteiger partial charge in [-0.25, -0.2) is 0 Å². The molecule has 0 amide bonds. The van der Waals surface area contributed by atoms with E-state index in [0.717, 1.165) is 12.8 Å². The molecule has 1 aliphatic rings. The van der Waals surface area contributed by atoms with Gasteiger partial charge in [0.15, 0.2) is 5.78 Å². The molecule has 0 spiro atoms. The first-order valence-corrected chi connectivity index (χ1v) is 6.23. The van der Waals surface area contributed by atoms with Gasteiger partial charge in [0.1, 0.15) is 0 Å². The zero-order valence-corrected chi connectivity index (χ0v) is 11.0. The minimum absolute atomic E-state index is 0. The highest BCUT2D eigenvalue weighted by Gasteiger charge is 2.33. The fourth-order valence-electron chi connectivity index (χ4n) is 2.03. The van der Waals surface area contributed by atoms with E-state index >= 15 is 0 Å². The van der Waals surface area contributed by atoms with Gasteiger partial charge in [-0.05, 0) is 18.8 Å². The van der Waals surface area contributed by atoms with E-state index in [2.05, 4.69) is 0 Å². The van der Waals surface area contributed by atoms with Crippen LogP contribution in [0, 0.1) is 11.3 Å². The predicted octanol–water partition coefficient (Wildman–Crippen LogP) is 3.39. The molecule has 1 fully saturated rings. The molecule has 0 unspecified atom stereocenters. The normalized spacial score (nSPS) is 19.3. The molecular formula is C13H29NO. The molecule has 92 valence electrons. The summed E-state index contributed by atoms with van der Waals surface area (Å²) in [6.45, 7) is 9.85. The summed E-state index contributed by atoms with van der Waals surface area (Å²) in [6, 6.07) is -0.220. The second-order valence-corrected chi connectivity index (χ2v) is 5.18. The lowest BCUT2D eigenvalue weighted by atomic mass is 9.81. The Hall–Kier alpha value is -0.370. The maximum atomic E-state index is 11.8. The summed E-state index contributed by atoms with van der Waals surface area (Å²) in [5.41, 5.74) is 5.68. The van der Waals surface area contributed by atoms with Crippen molar-refractivity contribution in [2.24, 2.45) is 17.1 Å². The fraction of sp³-hybridized carbons (Fsp3) is 0.923. The number of carbonyl (C=O) groups is 1. The summed E-state index contributed by atoms with van der Waals surface area (Å²) in [4.78, 5) is 11.8. The quantitative estimate of drug-likeness (QED) is 0.767. The van der Waals surface area contributed by atoms with Gasteiger partial charge in [-0.3, -0.25) is 4.79 Å². The van der Waals surface area contributed by atoms with Crippen molar-refractivity contribution in [1.29, 1.82) is 0 Å². The zero-order chi connectivity index (χ0) is 12.1. The topological polar surface area (TPSA) is 43.1 Å². The summed E-state index contributed by atoms with van der Waals surface area (Å²) in [5.74, 6) is 0.672. The van der Waals surface area contributed by atoms with E-state index in [-0.39, 0.29) is 18.7 Å². The van der Waals surface area contributed by atoms with E-state index in [1.807, 2.05) is 34.6 Å². The van der Waals surface area contributed by atoms with Crippen molar-refractivity contribution in [2.75, 3.05) is 0 Å². The third kappa shape index (κ3) is 4.33. The first-order valence-electron chi connectivity index (χ1n) is 6.23. The second-order valence-electron chi connectivity index (χ2n) is 5.18. The number of carbonyl (C=O) groups excluding carboxylic acids is 1. The van der Waals surface area contributed by atoms with Gasteiger partial charge < -0.3 is 5.73 Å². The van der Waals surface area contributed by atoms with Gasteiger partial charge in [0.05, 0.1) is 6.04 Å². The molecule has 15 heavy (non-hydrogen) atoms. The molecule has 1 aliphatic carbocycles. The van der Waals surface area contributed by atoms with Crippen LogP contribution in [0.15, 0.2) is 0 Å². The minimum Gasteiger partial charge on any atom is -0.321 e. The third-order valence-corrected chi connectivity index (χ3v) is 2.95. The van der Waals surface area contributed by atoms with Crippen LogP contribution in [0.3, 0.4) is 0 Å². The van der Waals surface area contributed by atoms with Crippen molar-refractivity contribution in [3.05, 3.63) is 0 Å². The van der Waals surface area contributed by atoms with E-state index in [1.54, 1.807) is 0 Å². The van der Waals surface area contributed by atoms with Crippen LogP contribution in [0.4, 0.5) is 0 Å². The molecule has 2 heteroatoms. The highest BCUT2D eigenvalue weighted by Crippen LogP contribution is 2.30. The van der Waals surface area contributed by atoms with Crippen LogP contribution in [-0.2, 0) is 4.79 Å². The molecule has 2 N–H and O–H groups in total. The summed E-state index contributed by atoms with van der Waals surface area (Å²) >= 11 is 0. The fourth-order valence-corrected chi connectivity index (χ4v) is 2.03. The number of rotatable bonds is 2. The van der Waals surface area contributed by atoms with Crippen LogP contribution in [0.25, 0.3) is 0 Å². The van der Waals surface area contributed by atoms with E-state index < -0.39 is 0 Å². The molecule has 1 rings (SSSR count). The smallest absolute Gasteiger partial charge is 0.155 e. The SMILES string of the molecule is CC.CC(C)(C)C(=O)[C@@H](N)C1CCCC1.[HH]. The Balaban J connectivity index is 0. The van der Waals surface area contributed by atoms with Gasteiger partial charge in [0, 0.05) is 6.84 Å². The van der Waals surface area contributed by atoms with Gasteiger partial charge >= 0.3 is 0 Å². The lowest BCUT2D eigenvalue weighted by Crippen LogP contribution is -2.43. The minimum atomic E-state index is -0.276. The molecule has 0 bridgehead atoms. The highest BCUT2D eigenvalue weighted by molar-refractivity contribution is 5.88. The van der Waals surface area contributed by atoms with Crippen molar-refractivity contribution in [2.45, 2.75) is 66.3 Å². The average Bonchev–Trinajstić information content (AvgIpc) is 2.70. The van der Waals surface area contributed by atoms with Crippen molar-refractivity contribution >= 4 is 5.78 Å². The van der Waals surface area contributed by atoms with Crippen molar-refractivity contribution in [3.63, 3.8) is 0 Å². The Kier molecular flexibility index (Phi) is 6.11. The Morgan fingerprint density at radius 3 is 2.00 bits per heavy atom. The van der Waals surface area contributed by atoms with Crippen LogP contribution in [0.2, 0.25) is 0 Å². The number of hydrogen-bond donors (Lipinski definition) is 1. The highest BCUT2D eigenvalue weighted by atomic mass is 16.1. The Bertz CT molecular complexity index is 193. The molecule has 1 saturated carbocycles. The summed E-state index contributed by atoms with van der Waals surface area (Å²) in [7, 11) is 0. The monoisotopic (exact) mass is 215 g/mol. The summed E-state index contributed by atoms with van der Waals surface area (Å²) in [5, 5.41) is 0. The Labute approximate surface area is 96.1 Å². The second kappa shape index (κ2) is 6.26. The van der Waals surface area contributed by atoms with Gasteiger partial charge in [-0.2, -0.15) is 0 Å². The molecular weight excluding hydrogens is 186 g/mol. The predicted molar refractivity (Wildman–Crippen MR) is 67.9 cm³/mol. The van der Waals surface area contributed by atoms with Crippen LogP contribution in [0.5, 0.6) is 0 Å². The largest absolute Gasteiger partial charge is 0.321 e. The van der Waals surface area contributed by atoms with Gasteiger partial charge in [-0.1, -0.05) is 47.5 Å². The maximum absolute atomic E-state index is 11.8. The molecule has 0 aliphatic heterocycles. The Morgan fingerprint density at radius 1 is 1.27 bits per heavy atom.